The third-order valence-electron chi connectivity index (χ3n) is 3.19. The molecule has 2 aromatic carbocycles. The van der Waals surface area contributed by atoms with Gasteiger partial charge < -0.3 is 15.2 Å². The molecule has 1 atom stereocenters. The Bertz CT molecular complexity index is 646. The van der Waals surface area contributed by atoms with E-state index in [2.05, 4.69) is 0 Å². The molecule has 0 aromatic heterocycles. The fourth-order valence-corrected chi connectivity index (χ4v) is 2.67. The van der Waals surface area contributed by atoms with Crippen LogP contribution in [0.4, 0.5) is 0 Å². The van der Waals surface area contributed by atoms with Crippen molar-refractivity contribution in [1.29, 1.82) is 0 Å². The Hall–Kier alpha value is -1.42. The number of fused-ring (bicyclic) bond motifs is 1. The second kappa shape index (κ2) is 5.52. The maximum Gasteiger partial charge on any atom is 0.171 e. The third kappa shape index (κ3) is 2.33. The summed E-state index contributed by atoms with van der Waals surface area (Å²) >= 11 is 12.6. The second-order valence-corrected chi connectivity index (χ2v) is 5.33. The number of rotatable bonds is 2. The number of benzene rings is 2. The van der Waals surface area contributed by atoms with E-state index in [4.69, 9.17) is 38.4 Å². The van der Waals surface area contributed by atoms with E-state index in [9.17, 15) is 0 Å². The molecular weight excluding hydrogens is 297 g/mol. The Morgan fingerprint density at radius 3 is 2.65 bits per heavy atom. The lowest BCUT2D eigenvalue weighted by atomic mass is 10.0. The van der Waals surface area contributed by atoms with E-state index in [0.29, 0.717) is 34.7 Å². The predicted octanol–water partition coefficient (Wildman–Crippen LogP) is 3.76. The van der Waals surface area contributed by atoms with Gasteiger partial charge in [0, 0.05) is 22.7 Å². The summed E-state index contributed by atoms with van der Waals surface area (Å²) in [6.45, 7) is 0.820. The summed E-state index contributed by atoms with van der Waals surface area (Å²) in [6.07, 6.45) is -0.179. The van der Waals surface area contributed by atoms with Gasteiger partial charge in [0.25, 0.3) is 0 Å². The van der Waals surface area contributed by atoms with Gasteiger partial charge in [-0.25, -0.2) is 0 Å². The third-order valence-corrected chi connectivity index (χ3v) is 3.83. The minimum atomic E-state index is -0.179. The molecule has 3 rings (SSSR count). The predicted molar refractivity (Wildman–Crippen MR) is 80.9 cm³/mol. The average Bonchev–Trinajstić information content (AvgIpc) is 2.48. The summed E-state index contributed by atoms with van der Waals surface area (Å²) in [5.41, 5.74) is 7.21. The summed E-state index contributed by atoms with van der Waals surface area (Å²) in [6, 6.07) is 11.1. The molecule has 0 radical (unpaired) electrons. The minimum absolute atomic E-state index is 0.179. The molecule has 1 heterocycles. The SMILES string of the molecule is NC[C@H]1COc2ccc(Cl)c(-c3ccccc3Cl)c2O1. The van der Waals surface area contributed by atoms with Crippen molar-refractivity contribution in [2.75, 3.05) is 13.2 Å². The molecule has 5 heteroatoms. The van der Waals surface area contributed by atoms with E-state index in [-0.39, 0.29) is 6.10 Å². The van der Waals surface area contributed by atoms with Crippen molar-refractivity contribution < 1.29 is 9.47 Å². The normalized spacial score (nSPS) is 17.1. The molecular formula is C15H13Cl2NO2. The zero-order chi connectivity index (χ0) is 14.1. The topological polar surface area (TPSA) is 44.5 Å². The molecule has 20 heavy (non-hydrogen) atoms. The highest BCUT2D eigenvalue weighted by molar-refractivity contribution is 6.37. The van der Waals surface area contributed by atoms with Crippen LogP contribution in [-0.2, 0) is 0 Å². The maximum absolute atomic E-state index is 6.33. The molecule has 0 fully saturated rings. The van der Waals surface area contributed by atoms with Gasteiger partial charge in [-0.1, -0.05) is 41.4 Å². The molecule has 0 saturated heterocycles. The van der Waals surface area contributed by atoms with Crippen LogP contribution >= 0.6 is 23.2 Å². The van der Waals surface area contributed by atoms with E-state index < -0.39 is 0 Å². The molecule has 0 spiro atoms. The Morgan fingerprint density at radius 1 is 1.10 bits per heavy atom. The van der Waals surface area contributed by atoms with Crippen molar-refractivity contribution in [3.8, 4) is 22.6 Å². The molecule has 0 amide bonds. The fourth-order valence-electron chi connectivity index (χ4n) is 2.18. The van der Waals surface area contributed by atoms with Crippen LogP contribution in [0.1, 0.15) is 0 Å². The molecule has 3 nitrogen and oxygen atoms in total. The van der Waals surface area contributed by atoms with Gasteiger partial charge in [0.15, 0.2) is 11.5 Å². The highest BCUT2D eigenvalue weighted by Crippen LogP contribution is 2.46. The first-order valence-corrected chi connectivity index (χ1v) is 7.03. The van der Waals surface area contributed by atoms with Crippen LogP contribution in [0.3, 0.4) is 0 Å². The summed E-state index contributed by atoms with van der Waals surface area (Å²) in [5.74, 6) is 1.27. The molecule has 1 aliphatic heterocycles. The van der Waals surface area contributed by atoms with Crippen molar-refractivity contribution >= 4 is 23.2 Å². The van der Waals surface area contributed by atoms with Gasteiger partial charge in [0.2, 0.25) is 0 Å². The van der Waals surface area contributed by atoms with Crippen molar-refractivity contribution in [2.24, 2.45) is 5.73 Å². The van der Waals surface area contributed by atoms with E-state index in [1.807, 2.05) is 24.3 Å². The van der Waals surface area contributed by atoms with Gasteiger partial charge in [-0.2, -0.15) is 0 Å². The summed E-state index contributed by atoms with van der Waals surface area (Å²) in [5, 5.41) is 1.18. The van der Waals surface area contributed by atoms with Crippen molar-refractivity contribution in [3.05, 3.63) is 46.4 Å². The van der Waals surface area contributed by atoms with Gasteiger partial charge in [-0.05, 0) is 18.2 Å². The molecule has 0 saturated carbocycles. The molecule has 2 aromatic rings. The molecule has 104 valence electrons. The zero-order valence-corrected chi connectivity index (χ0v) is 12.1. The Morgan fingerprint density at radius 2 is 1.90 bits per heavy atom. The number of ether oxygens (including phenoxy) is 2. The smallest absolute Gasteiger partial charge is 0.171 e. The highest BCUT2D eigenvalue weighted by Gasteiger charge is 2.25. The van der Waals surface area contributed by atoms with Crippen molar-refractivity contribution in [2.45, 2.75) is 6.10 Å². The van der Waals surface area contributed by atoms with Gasteiger partial charge >= 0.3 is 0 Å². The van der Waals surface area contributed by atoms with Crippen LogP contribution in [0.5, 0.6) is 11.5 Å². The molecule has 1 aliphatic rings. The monoisotopic (exact) mass is 309 g/mol. The average molecular weight is 310 g/mol. The van der Waals surface area contributed by atoms with Crippen LogP contribution in [0.25, 0.3) is 11.1 Å². The minimum Gasteiger partial charge on any atom is -0.486 e. The Kier molecular flexibility index (Phi) is 3.74. The lowest BCUT2D eigenvalue weighted by Crippen LogP contribution is -2.35. The summed E-state index contributed by atoms with van der Waals surface area (Å²) < 4.78 is 11.6. The first-order valence-electron chi connectivity index (χ1n) is 6.27. The Balaban J connectivity index is 2.18. The highest BCUT2D eigenvalue weighted by atomic mass is 35.5. The number of hydrogen-bond donors (Lipinski definition) is 1. The van der Waals surface area contributed by atoms with E-state index in [1.54, 1.807) is 12.1 Å². The number of hydrogen-bond acceptors (Lipinski definition) is 3. The first kappa shape index (κ1) is 13.6. The summed E-state index contributed by atoms with van der Waals surface area (Å²) in [7, 11) is 0. The van der Waals surface area contributed by atoms with E-state index in [1.165, 1.54) is 0 Å². The van der Waals surface area contributed by atoms with Crippen LogP contribution in [0.2, 0.25) is 10.0 Å². The summed E-state index contributed by atoms with van der Waals surface area (Å²) in [4.78, 5) is 0. The van der Waals surface area contributed by atoms with Crippen molar-refractivity contribution in [1.82, 2.24) is 0 Å². The first-order chi connectivity index (χ1) is 9.70. The van der Waals surface area contributed by atoms with Gasteiger partial charge in [0.05, 0.1) is 5.02 Å². The molecule has 0 unspecified atom stereocenters. The van der Waals surface area contributed by atoms with Gasteiger partial charge in [-0.3, -0.25) is 0 Å². The van der Waals surface area contributed by atoms with Crippen LogP contribution in [0, 0.1) is 0 Å². The van der Waals surface area contributed by atoms with Crippen LogP contribution in [0.15, 0.2) is 36.4 Å². The maximum atomic E-state index is 6.33. The second-order valence-electron chi connectivity index (χ2n) is 4.52. The van der Waals surface area contributed by atoms with Gasteiger partial charge in [0.1, 0.15) is 12.7 Å². The van der Waals surface area contributed by atoms with Crippen molar-refractivity contribution in [3.63, 3.8) is 0 Å². The molecule has 0 aliphatic carbocycles. The van der Waals surface area contributed by atoms with Crippen LogP contribution in [-0.4, -0.2) is 19.3 Å². The lowest BCUT2D eigenvalue weighted by Gasteiger charge is -2.28. The standard InChI is InChI=1S/C15H13Cl2NO2/c16-11-4-2-1-3-10(11)14-12(17)5-6-13-15(14)20-9(7-18)8-19-13/h1-6,9H,7-8,18H2/t9-/m0/s1. The Labute approximate surface area is 127 Å². The molecule has 2 N–H and O–H groups in total. The largest absolute Gasteiger partial charge is 0.486 e. The quantitative estimate of drug-likeness (QED) is 0.918. The van der Waals surface area contributed by atoms with E-state index >= 15 is 0 Å². The number of nitrogens with two attached hydrogens (primary N) is 1. The number of halogens is 2. The lowest BCUT2D eigenvalue weighted by molar-refractivity contribution is 0.0976. The van der Waals surface area contributed by atoms with Gasteiger partial charge in [-0.15, -0.1) is 0 Å². The van der Waals surface area contributed by atoms with E-state index in [0.717, 1.165) is 11.1 Å². The molecule has 0 bridgehead atoms. The fraction of sp³-hybridized carbons (Fsp3) is 0.200. The zero-order valence-electron chi connectivity index (χ0n) is 10.6. The van der Waals surface area contributed by atoms with Crippen LogP contribution < -0.4 is 15.2 Å².